The Kier molecular flexibility index (Phi) is 4.85. The van der Waals surface area contributed by atoms with E-state index in [-0.39, 0.29) is 11.4 Å². The minimum absolute atomic E-state index is 0.0152. The van der Waals surface area contributed by atoms with E-state index in [4.69, 9.17) is 0 Å². The molecule has 126 valence electrons. The van der Waals surface area contributed by atoms with Gasteiger partial charge in [-0.25, -0.2) is 9.38 Å². The van der Waals surface area contributed by atoms with Gasteiger partial charge < -0.3 is 4.57 Å². The zero-order valence-corrected chi connectivity index (χ0v) is 13.9. The lowest BCUT2D eigenvalue weighted by Gasteiger charge is -2.06. The zero-order chi connectivity index (χ0) is 17.8. The van der Waals surface area contributed by atoms with Crippen LogP contribution in [0.2, 0.25) is 0 Å². The predicted molar refractivity (Wildman–Crippen MR) is 96.2 cm³/mol. The molecule has 0 aliphatic carbocycles. The molecule has 0 atom stereocenters. The minimum Gasteiger partial charge on any atom is -0.313 e. The molecular weight excluding hydrogens is 341 g/mol. The minimum atomic E-state index is -0.432. The molecule has 1 heterocycles. The highest BCUT2D eigenvalue weighted by Crippen LogP contribution is 2.25. The summed E-state index contributed by atoms with van der Waals surface area (Å²) in [7, 11) is 0. The molecule has 7 heteroatoms. The fraction of sp³-hybridized carbons (Fsp3) is 0.0556. The van der Waals surface area contributed by atoms with E-state index in [2.05, 4.69) is 11.6 Å². The van der Waals surface area contributed by atoms with Crippen LogP contribution in [0.25, 0.3) is 11.3 Å². The van der Waals surface area contributed by atoms with Crippen LogP contribution < -0.4 is 4.80 Å². The number of hydrogen-bond acceptors (Lipinski definition) is 4. The van der Waals surface area contributed by atoms with Crippen molar-refractivity contribution in [1.29, 1.82) is 0 Å². The van der Waals surface area contributed by atoms with Gasteiger partial charge >= 0.3 is 0 Å². The Morgan fingerprint density at radius 3 is 2.80 bits per heavy atom. The summed E-state index contributed by atoms with van der Waals surface area (Å²) in [5.74, 6) is -0.405. The number of thiazole rings is 1. The largest absolute Gasteiger partial charge is 0.313 e. The Hall–Kier alpha value is -3.06. The lowest BCUT2D eigenvalue weighted by atomic mass is 10.1. The van der Waals surface area contributed by atoms with Crippen LogP contribution in [0.3, 0.4) is 0 Å². The van der Waals surface area contributed by atoms with Gasteiger partial charge in [-0.15, -0.1) is 17.9 Å². The van der Waals surface area contributed by atoms with E-state index in [0.29, 0.717) is 16.9 Å². The summed E-state index contributed by atoms with van der Waals surface area (Å²) in [5.41, 5.74) is 1.72. The van der Waals surface area contributed by atoms with Crippen molar-refractivity contribution < 1.29 is 9.31 Å². The Bertz CT molecular complexity index is 1010. The van der Waals surface area contributed by atoms with Crippen LogP contribution in [0.1, 0.15) is 0 Å². The lowest BCUT2D eigenvalue weighted by molar-refractivity contribution is -0.384. The van der Waals surface area contributed by atoms with Gasteiger partial charge in [0.15, 0.2) is 4.80 Å². The van der Waals surface area contributed by atoms with E-state index in [1.807, 2.05) is 9.95 Å². The SMILES string of the molecule is C=CCn1c(-c2cccc([N+](=O)[O-])c2)csc1=Nc1ccccc1F. The van der Waals surface area contributed by atoms with E-state index < -0.39 is 10.7 Å². The topological polar surface area (TPSA) is 60.4 Å². The Labute approximate surface area is 147 Å². The number of hydrogen-bond donors (Lipinski definition) is 0. The number of rotatable bonds is 5. The van der Waals surface area contributed by atoms with Crippen LogP contribution in [-0.2, 0) is 6.54 Å². The molecule has 0 fully saturated rings. The summed E-state index contributed by atoms with van der Waals surface area (Å²) in [6.07, 6.45) is 1.70. The Morgan fingerprint density at radius 1 is 1.28 bits per heavy atom. The Balaban J connectivity index is 2.16. The first-order valence-electron chi connectivity index (χ1n) is 7.43. The number of nitro benzene ring substituents is 1. The van der Waals surface area contributed by atoms with Gasteiger partial charge in [0.05, 0.1) is 10.6 Å². The van der Waals surface area contributed by atoms with Gasteiger partial charge in [0.25, 0.3) is 5.69 Å². The summed E-state index contributed by atoms with van der Waals surface area (Å²) >= 11 is 1.34. The number of nitrogens with zero attached hydrogens (tertiary/aromatic N) is 3. The number of halogens is 1. The van der Waals surface area contributed by atoms with Gasteiger partial charge in [0, 0.05) is 29.6 Å². The van der Waals surface area contributed by atoms with Gasteiger partial charge in [-0.05, 0) is 12.1 Å². The van der Waals surface area contributed by atoms with E-state index in [1.165, 1.54) is 29.5 Å². The molecule has 3 rings (SSSR count). The van der Waals surface area contributed by atoms with Gasteiger partial charge in [0.2, 0.25) is 0 Å². The normalized spacial score (nSPS) is 11.5. The average molecular weight is 355 g/mol. The highest BCUT2D eigenvalue weighted by atomic mass is 32.1. The molecule has 0 N–H and O–H groups in total. The molecule has 0 saturated carbocycles. The second-order valence-corrected chi connectivity index (χ2v) is 6.01. The number of nitro groups is 1. The van der Waals surface area contributed by atoms with Crippen molar-refractivity contribution >= 4 is 22.7 Å². The third-order valence-electron chi connectivity index (χ3n) is 3.53. The summed E-state index contributed by atoms with van der Waals surface area (Å²) in [6, 6.07) is 12.7. The molecule has 0 saturated heterocycles. The van der Waals surface area contributed by atoms with Crippen molar-refractivity contribution in [3.63, 3.8) is 0 Å². The zero-order valence-electron chi connectivity index (χ0n) is 13.1. The van der Waals surface area contributed by atoms with Crippen molar-refractivity contribution in [2.45, 2.75) is 6.54 Å². The van der Waals surface area contributed by atoms with E-state index in [1.54, 1.807) is 36.4 Å². The van der Waals surface area contributed by atoms with Crippen LogP contribution in [0.15, 0.2) is 71.6 Å². The van der Waals surface area contributed by atoms with Crippen molar-refractivity contribution in [3.8, 4) is 11.3 Å². The van der Waals surface area contributed by atoms with Gasteiger partial charge in [0.1, 0.15) is 11.5 Å². The molecule has 0 amide bonds. The molecule has 2 aromatic carbocycles. The molecule has 25 heavy (non-hydrogen) atoms. The molecule has 0 unspecified atom stereocenters. The van der Waals surface area contributed by atoms with Gasteiger partial charge in [-0.1, -0.05) is 30.3 Å². The second kappa shape index (κ2) is 7.23. The van der Waals surface area contributed by atoms with E-state index in [9.17, 15) is 14.5 Å². The maximum atomic E-state index is 13.9. The third kappa shape index (κ3) is 3.56. The number of allylic oxidation sites excluding steroid dienone is 1. The molecule has 0 bridgehead atoms. The first kappa shape index (κ1) is 16.8. The maximum absolute atomic E-state index is 13.9. The predicted octanol–water partition coefficient (Wildman–Crippen LogP) is 4.68. The highest BCUT2D eigenvalue weighted by Gasteiger charge is 2.12. The lowest BCUT2D eigenvalue weighted by Crippen LogP contribution is -2.15. The standard InChI is InChI=1S/C18H14FN3O2S/c1-2-10-21-17(13-6-5-7-14(11-13)22(23)24)12-25-18(21)20-16-9-4-3-8-15(16)19/h2-9,11-12H,1,10H2. The van der Waals surface area contributed by atoms with Gasteiger partial charge in [-0.3, -0.25) is 10.1 Å². The Morgan fingerprint density at radius 2 is 2.08 bits per heavy atom. The summed E-state index contributed by atoms with van der Waals surface area (Å²) in [4.78, 5) is 15.5. The van der Waals surface area contributed by atoms with Crippen molar-refractivity contribution in [2.75, 3.05) is 0 Å². The summed E-state index contributed by atoms with van der Waals surface area (Å²) in [6.45, 7) is 4.19. The van der Waals surface area contributed by atoms with Crippen molar-refractivity contribution in [1.82, 2.24) is 4.57 Å². The molecular formula is C18H14FN3O2S. The van der Waals surface area contributed by atoms with Crippen LogP contribution in [-0.4, -0.2) is 9.49 Å². The van der Waals surface area contributed by atoms with Crippen LogP contribution in [0.5, 0.6) is 0 Å². The highest BCUT2D eigenvalue weighted by molar-refractivity contribution is 7.07. The first-order valence-corrected chi connectivity index (χ1v) is 8.31. The molecule has 0 aliphatic heterocycles. The fourth-order valence-corrected chi connectivity index (χ4v) is 3.31. The van der Waals surface area contributed by atoms with Crippen molar-refractivity contribution in [2.24, 2.45) is 4.99 Å². The monoisotopic (exact) mass is 355 g/mol. The second-order valence-electron chi connectivity index (χ2n) is 5.17. The van der Waals surface area contributed by atoms with Crippen LogP contribution >= 0.6 is 11.3 Å². The number of aromatic nitrogens is 1. The fourth-order valence-electron chi connectivity index (χ4n) is 2.38. The number of para-hydroxylation sites is 1. The molecule has 1 aromatic heterocycles. The van der Waals surface area contributed by atoms with Crippen molar-refractivity contribution in [3.05, 3.63) is 87.3 Å². The number of non-ortho nitro benzene ring substituents is 1. The third-order valence-corrected chi connectivity index (χ3v) is 4.39. The van der Waals surface area contributed by atoms with Crippen LogP contribution in [0, 0.1) is 15.9 Å². The molecule has 3 aromatic rings. The smallest absolute Gasteiger partial charge is 0.270 e. The molecule has 5 nitrogen and oxygen atoms in total. The average Bonchev–Trinajstić information content (AvgIpc) is 3.00. The summed E-state index contributed by atoms with van der Waals surface area (Å²) < 4.78 is 15.7. The molecule has 0 spiro atoms. The van der Waals surface area contributed by atoms with Crippen LogP contribution in [0.4, 0.5) is 15.8 Å². The molecule has 0 aliphatic rings. The molecule has 0 radical (unpaired) electrons. The first-order chi connectivity index (χ1) is 12.1. The van der Waals surface area contributed by atoms with E-state index >= 15 is 0 Å². The van der Waals surface area contributed by atoms with E-state index in [0.717, 1.165) is 5.69 Å². The summed E-state index contributed by atoms with van der Waals surface area (Å²) in [5, 5.41) is 12.9. The maximum Gasteiger partial charge on any atom is 0.270 e. The number of benzene rings is 2. The van der Waals surface area contributed by atoms with Gasteiger partial charge in [-0.2, -0.15) is 0 Å². The quantitative estimate of drug-likeness (QED) is 0.379.